The van der Waals surface area contributed by atoms with E-state index in [1.807, 2.05) is 84.3 Å². The number of thioether (sulfide) groups is 1. The molecule has 0 saturated carbocycles. The van der Waals surface area contributed by atoms with Gasteiger partial charge >= 0.3 is 0 Å². The molecule has 2 heterocycles. The van der Waals surface area contributed by atoms with Gasteiger partial charge in [0, 0.05) is 16.9 Å². The molecule has 1 aromatic heterocycles. The average molecular weight is 445 g/mol. The smallest absolute Gasteiger partial charge is 0.234 e. The van der Waals surface area contributed by atoms with Crippen molar-refractivity contribution in [3.8, 4) is 28.6 Å². The quantitative estimate of drug-likeness (QED) is 0.434. The Bertz CT molecular complexity index is 1270. The monoisotopic (exact) mass is 444 g/mol. The minimum absolute atomic E-state index is 0.104. The molecule has 0 aliphatic carbocycles. The summed E-state index contributed by atoms with van der Waals surface area (Å²) in [6.07, 6.45) is 0. The Morgan fingerprint density at radius 3 is 2.69 bits per heavy atom. The van der Waals surface area contributed by atoms with E-state index in [9.17, 15) is 4.79 Å². The lowest BCUT2D eigenvalue weighted by molar-refractivity contribution is -0.113. The highest BCUT2D eigenvalue weighted by atomic mass is 32.2. The summed E-state index contributed by atoms with van der Waals surface area (Å²) in [6.45, 7) is 2.20. The number of rotatable bonds is 6. The zero-order chi connectivity index (χ0) is 21.9. The average Bonchev–Trinajstić information content (AvgIpc) is 3.44. The number of nitrogens with one attached hydrogen (secondary N) is 1. The molecule has 7 nitrogen and oxygen atoms in total. The molecule has 1 aliphatic rings. The number of carbonyl (C=O) groups excluding carboxylic acids is 1. The van der Waals surface area contributed by atoms with E-state index in [2.05, 4.69) is 15.5 Å². The zero-order valence-corrected chi connectivity index (χ0v) is 18.1. The fourth-order valence-electron chi connectivity index (χ4n) is 3.45. The molecule has 0 unspecified atom stereocenters. The van der Waals surface area contributed by atoms with E-state index in [-0.39, 0.29) is 18.5 Å². The molecule has 4 aromatic rings. The van der Waals surface area contributed by atoms with Crippen LogP contribution in [0.5, 0.6) is 11.5 Å². The molecule has 1 aliphatic heterocycles. The van der Waals surface area contributed by atoms with E-state index in [4.69, 9.17) is 9.47 Å². The SMILES string of the molecule is Cc1cccc(NC(=O)CSc2nnc(-c3ccc4c(c3)OCO4)n2-c2ccccc2)c1. The van der Waals surface area contributed by atoms with Gasteiger partial charge in [0.05, 0.1) is 5.75 Å². The highest BCUT2D eigenvalue weighted by molar-refractivity contribution is 7.99. The minimum atomic E-state index is -0.104. The molecule has 1 N–H and O–H groups in total. The van der Waals surface area contributed by atoms with E-state index < -0.39 is 0 Å². The van der Waals surface area contributed by atoms with Crippen LogP contribution in [0.1, 0.15) is 5.56 Å². The number of hydrogen-bond acceptors (Lipinski definition) is 6. The van der Waals surface area contributed by atoms with Crippen molar-refractivity contribution < 1.29 is 14.3 Å². The summed E-state index contributed by atoms with van der Waals surface area (Å²) in [5, 5.41) is 12.4. The number of para-hydroxylation sites is 1. The Morgan fingerprint density at radius 1 is 1.00 bits per heavy atom. The number of aryl methyl sites for hydroxylation is 1. The molecule has 0 atom stereocenters. The Hall–Kier alpha value is -3.78. The van der Waals surface area contributed by atoms with Gasteiger partial charge < -0.3 is 14.8 Å². The molecule has 0 fully saturated rings. The van der Waals surface area contributed by atoms with Crippen molar-refractivity contribution in [2.45, 2.75) is 12.1 Å². The van der Waals surface area contributed by atoms with E-state index in [1.54, 1.807) is 0 Å². The van der Waals surface area contributed by atoms with Crippen molar-refractivity contribution in [1.29, 1.82) is 0 Å². The van der Waals surface area contributed by atoms with E-state index in [0.717, 1.165) is 22.5 Å². The second kappa shape index (κ2) is 8.76. The van der Waals surface area contributed by atoms with Crippen molar-refractivity contribution in [3.63, 3.8) is 0 Å². The van der Waals surface area contributed by atoms with Crippen molar-refractivity contribution in [1.82, 2.24) is 14.8 Å². The van der Waals surface area contributed by atoms with Gasteiger partial charge in [-0.15, -0.1) is 10.2 Å². The maximum absolute atomic E-state index is 12.5. The van der Waals surface area contributed by atoms with Gasteiger partial charge in [0.1, 0.15) is 0 Å². The summed E-state index contributed by atoms with van der Waals surface area (Å²) in [5.41, 5.74) is 3.63. The first-order valence-electron chi connectivity index (χ1n) is 10.1. The standard InChI is InChI=1S/C24H20N4O3S/c1-16-6-5-7-18(12-16)25-22(29)14-32-24-27-26-23(28(24)19-8-3-2-4-9-19)17-10-11-20-21(13-17)31-15-30-20/h2-13H,14-15H2,1H3,(H,25,29). The predicted octanol–water partition coefficient (Wildman–Crippen LogP) is 4.70. The minimum Gasteiger partial charge on any atom is -0.454 e. The highest BCUT2D eigenvalue weighted by Crippen LogP contribution is 2.37. The first-order valence-corrected chi connectivity index (χ1v) is 11.1. The maximum Gasteiger partial charge on any atom is 0.234 e. The summed E-state index contributed by atoms with van der Waals surface area (Å²) < 4.78 is 12.9. The van der Waals surface area contributed by atoms with Gasteiger partial charge in [0.15, 0.2) is 22.5 Å². The lowest BCUT2D eigenvalue weighted by atomic mass is 10.2. The Balaban J connectivity index is 1.42. The molecule has 8 heteroatoms. The van der Waals surface area contributed by atoms with E-state index >= 15 is 0 Å². The Labute approximate surface area is 189 Å². The second-order valence-corrected chi connectivity index (χ2v) is 8.19. The van der Waals surface area contributed by atoms with Crippen LogP contribution in [0.3, 0.4) is 0 Å². The highest BCUT2D eigenvalue weighted by Gasteiger charge is 2.20. The number of benzene rings is 3. The molecule has 0 saturated heterocycles. The molecule has 0 spiro atoms. The topological polar surface area (TPSA) is 78.3 Å². The van der Waals surface area contributed by atoms with Gasteiger partial charge in [-0.2, -0.15) is 0 Å². The number of ether oxygens (including phenoxy) is 2. The normalized spacial score (nSPS) is 12.0. The van der Waals surface area contributed by atoms with Crippen LogP contribution in [-0.2, 0) is 4.79 Å². The third kappa shape index (κ3) is 4.17. The van der Waals surface area contributed by atoms with Crippen LogP contribution in [0.4, 0.5) is 5.69 Å². The molecule has 3 aromatic carbocycles. The lowest BCUT2D eigenvalue weighted by Crippen LogP contribution is -2.14. The van der Waals surface area contributed by atoms with Gasteiger partial charge in [-0.3, -0.25) is 9.36 Å². The lowest BCUT2D eigenvalue weighted by Gasteiger charge is -2.11. The van der Waals surface area contributed by atoms with Crippen molar-refractivity contribution >= 4 is 23.4 Å². The molecule has 0 bridgehead atoms. The molecule has 5 rings (SSSR count). The van der Waals surface area contributed by atoms with Crippen LogP contribution in [0.25, 0.3) is 17.1 Å². The summed E-state index contributed by atoms with van der Waals surface area (Å²) in [4.78, 5) is 12.5. The van der Waals surface area contributed by atoms with Crippen molar-refractivity contribution in [2.24, 2.45) is 0 Å². The number of amides is 1. The molecule has 160 valence electrons. The van der Waals surface area contributed by atoms with Gasteiger partial charge in [-0.05, 0) is 55.0 Å². The number of carbonyl (C=O) groups is 1. The summed E-state index contributed by atoms with van der Waals surface area (Å²) in [7, 11) is 0. The maximum atomic E-state index is 12.5. The number of anilines is 1. The van der Waals surface area contributed by atoms with Crippen molar-refractivity contribution in [3.05, 3.63) is 78.4 Å². The van der Waals surface area contributed by atoms with Gasteiger partial charge in [0.2, 0.25) is 12.7 Å². The van der Waals surface area contributed by atoms with Crippen LogP contribution in [0, 0.1) is 6.92 Å². The number of aromatic nitrogens is 3. The molecule has 32 heavy (non-hydrogen) atoms. The fourth-order valence-corrected chi connectivity index (χ4v) is 4.20. The van der Waals surface area contributed by atoms with Crippen LogP contribution in [0.15, 0.2) is 78.0 Å². The van der Waals surface area contributed by atoms with Crippen LogP contribution in [0.2, 0.25) is 0 Å². The molecular weight excluding hydrogens is 424 g/mol. The third-order valence-corrected chi connectivity index (χ3v) is 5.84. The molecular formula is C24H20N4O3S. The largest absolute Gasteiger partial charge is 0.454 e. The van der Waals surface area contributed by atoms with E-state index in [0.29, 0.717) is 22.5 Å². The van der Waals surface area contributed by atoms with Crippen molar-refractivity contribution in [2.75, 3.05) is 17.9 Å². The third-order valence-electron chi connectivity index (χ3n) is 4.91. The number of fused-ring (bicyclic) bond motifs is 1. The predicted molar refractivity (Wildman–Crippen MR) is 123 cm³/mol. The van der Waals surface area contributed by atoms with Crippen LogP contribution >= 0.6 is 11.8 Å². The van der Waals surface area contributed by atoms with Crippen LogP contribution in [-0.4, -0.2) is 33.2 Å². The number of nitrogens with zero attached hydrogens (tertiary/aromatic N) is 3. The summed E-state index contributed by atoms with van der Waals surface area (Å²) in [5.74, 6) is 2.16. The Kier molecular flexibility index (Phi) is 5.51. The molecule has 0 radical (unpaired) electrons. The second-order valence-electron chi connectivity index (χ2n) is 7.25. The summed E-state index contributed by atoms with van der Waals surface area (Å²) >= 11 is 1.34. The fraction of sp³-hybridized carbons (Fsp3) is 0.125. The van der Waals surface area contributed by atoms with Gasteiger partial charge in [0.25, 0.3) is 0 Å². The zero-order valence-electron chi connectivity index (χ0n) is 17.3. The van der Waals surface area contributed by atoms with E-state index in [1.165, 1.54) is 11.8 Å². The Morgan fingerprint density at radius 2 is 1.84 bits per heavy atom. The number of hydrogen-bond donors (Lipinski definition) is 1. The van der Waals surface area contributed by atoms with Gasteiger partial charge in [-0.25, -0.2) is 0 Å². The first kappa shape index (κ1) is 20.1. The van der Waals surface area contributed by atoms with Crippen LogP contribution < -0.4 is 14.8 Å². The molecule has 1 amide bonds. The van der Waals surface area contributed by atoms with Gasteiger partial charge in [-0.1, -0.05) is 42.1 Å². The first-order chi connectivity index (χ1) is 15.7. The summed E-state index contributed by atoms with van der Waals surface area (Å²) in [6, 6.07) is 23.2.